The smallest absolute Gasteiger partial charge is 0.124 e. The van der Waals surface area contributed by atoms with Gasteiger partial charge in [0, 0.05) is 17.8 Å². The molecule has 2 aromatic carbocycles. The summed E-state index contributed by atoms with van der Waals surface area (Å²) in [5, 5.41) is 3.47. The molecule has 0 saturated heterocycles. The molecule has 0 aliphatic heterocycles. The summed E-state index contributed by atoms with van der Waals surface area (Å²) in [5.74, 6) is 2.77. The van der Waals surface area contributed by atoms with E-state index in [-0.39, 0.29) is 6.10 Å². The lowest BCUT2D eigenvalue weighted by Crippen LogP contribution is -2.10. The van der Waals surface area contributed by atoms with E-state index in [0.717, 1.165) is 36.3 Å². The molecule has 1 N–H and O–H groups in total. The van der Waals surface area contributed by atoms with E-state index in [1.807, 2.05) is 18.2 Å². The molecule has 3 rings (SSSR count). The monoisotopic (exact) mass is 367 g/mol. The van der Waals surface area contributed by atoms with E-state index in [1.165, 1.54) is 44.1 Å². The lowest BCUT2D eigenvalue weighted by atomic mass is 9.87. The van der Waals surface area contributed by atoms with Gasteiger partial charge in [0.2, 0.25) is 0 Å². The second kappa shape index (κ2) is 10.2. The van der Waals surface area contributed by atoms with Crippen LogP contribution in [0.1, 0.15) is 57.9 Å². The minimum absolute atomic E-state index is 0.177. The van der Waals surface area contributed by atoms with Crippen molar-refractivity contribution >= 4 is 5.69 Å². The molecule has 3 nitrogen and oxygen atoms in total. The second-order valence-electron chi connectivity index (χ2n) is 7.79. The Hall–Kier alpha value is -2.16. The first-order chi connectivity index (χ1) is 13.2. The van der Waals surface area contributed by atoms with Crippen molar-refractivity contribution in [3.05, 3.63) is 54.1 Å². The Morgan fingerprint density at radius 2 is 1.70 bits per heavy atom. The Morgan fingerprint density at radius 1 is 0.963 bits per heavy atom. The van der Waals surface area contributed by atoms with Gasteiger partial charge in [-0.15, -0.1) is 0 Å². The number of hydrogen-bond acceptors (Lipinski definition) is 3. The maximum absolute atomic E-state index is 5.94. The van der Waals surface area contributed by atoms with Crippen molar-refractivity contribution < 1.29 is 9.47 Å². The quantitative estimate of drug-likeness (QED) is 0.553. The van der Waals surface area contributed by atoms with Crippen LogP contribution < -0.4 is 14.8 Å². The maximum Gasteiger partial charge on any atom is 0.124 e. The number of ether oxygens (including phenoxy) is 2. The lowest BCUT2D eigenvalue weighted by molar-refractivity contribution is 0.240. The fourth-order valence-electron chi connectivity index (χ4n) is 3.70. The number of anilines is 1. The van der Waals surface area contributed by atoms with Crippen molar-refractivity contribution in [3.63, 3.8) is 0 Å². The van der Waals surface area contributed by atoms with Gasteiger partial charge in [0.15, 0.2) is 0 Å². The molecule has 0 amide bonds. The second-order valence-corrected chi connectivity index (χ2v) is 7.79. The first-order valence-electron chi connectivity index (χ1n) is 10.4. The van der Waals surface area contributed by atoms with Crippen LogP contribution in [0.4, 0.5) is 5.69 Å². The van der Waals surface area contributed by atoms with Gasteiger partial charge in [-0.3, -0.25) is 0 Å². The molecule has 146 valence electrons. The average molecular weight is 368 g/mol. The van der Waals surface area contributed by atoms with Crippen molar-refractivity contribution in [1.29, 1.82) is 0 Å². The third kappa shape index (κ3) is 6.50. The van der Waals surface area contributed by atoms with Gasteiger partial charge in [0.05, 0.1) is 12.7 Å². The van der Waals surface area contributed by atoms with E-state index >= 15 is 0 Å². The molecule has 2 aromatic rings. The molecule has 0 heterocycles. The predicted molar refractivity (Wildman–Crippen MR) is 113 cm³/mol. The van der Waals surface area contributed by atoms with Crippen molar-refractivity contribution in [2.45, 2.75) is 65.0 Å². The van der Waals surface area contributed by atoms with Crippen LogP contribution in [0.3, 0.4) is 0 Å². The van der Waals surface area contributed by atoms with Crippen molar-refractivity contribution in [2.24, 2.45) is 5.92 Å². The summed E-state index contributed by atoms with van der Waals surface area (Å²) in [6.45, 7) is 5.68. The van der Waals surface area contributed by atoms with Gasteiger partial charge in [0.25, 0.3) is 0 Å². The van der Waals surface area contributed by atoms with Crippen molar-refractivity contribution in [1.82, 2.24) is 0 Å². The number of benzene rings is 2. The molecule has 0 radical (unpaired) electrons. The molecule has 0 aromatic heterocycles. The summed E-state index contributed by atoms with van der Waals surface area (Å²) in [6.07, 6.45) is 8.35. The molecule has 0 bridgehead atoms. The molecule has 1 fully saturated rings. The zero-order chi connectivity index (χ0) is 18.9. The fraction of sp³-hybridized carbons (Fsp3) is 0.500. The van der Waals surface area contributed by atoms with E-state index in [0.29, 0.717) is 0 Å². The molecule has 3 heteroatoms. The van der Waals surface area contributed by atoms with Crippen molar-refractivity contribution in [2.75, 3.05) is 11.9 Å². The predicted octanol–water partition coefficient (Wildman–Crippen LogP) is 6.44. The molecule has 0 unspecified atom stereocenters. The molecular weight excluding hydrogens is 334 g/mol. The van der Waals surface area contributed by atoms with Crippen molar-refractivity contribution in [3.8, 4) is 11.5 Å². The van der Waals surface area contributed by atoms with Gasteiger partial charge in [-0.05, 0) is 56.5 Å². The first kappa shape index (κ1) is 19.6. The maximum atomic E-state index is 5.94. The van der Waals surface area contributed by atoms with E-state index in [1.54, 1.807) is 0 Å². The number of hydrogen-bond donors (Lipinski definition) is 1. The number of para-hydroxylation sites is 1. The normalized spacial score (nSPS) is 14.9. The molecule has 1 aliphatic rings. The minimum atomic E-state index is 0.177. The summed E-state index contributed by atoms with van der Waals surface area (Å²) < 4.78 is 11.8. The van der Waals surface area contributed by atoms with Crippen LogP contribution in [0.25, 0.3) is 0 Å². The van der Waals surface area contributed by atoms with Crippen LogP contribution >= 0.6 is 0 Å². The largest absolute Gasteiger partial charge is 0.494 e. The van der Waals surface area contributed by atoms with Gasteiger partial charge in [0.1, 0.15) is 11.5 Å². The summed E-state index contributed by atoms with van der Waals surface area (Å²) in [6, 6.07) is 16.5. The van der Waals surface area contributed by atoms with E-state index in [4.69, 9.17) is 9.47 Å². The molecular formula is C24H33NO2. The third-order valence-electron chi connectivity index (χ3n) is 5.19. The molecule has 0 spiro atoms. The van der Waals surface area contributed by atoms with Crippen LogP contribution in [0.5, 0.6) is 11.5 Å². The average Bonchev–Trinajstić information content (AvgIpc) is 2.69. The first-order valence-corrected chi connectivity index (χ1v) is 10.4. The highest BCUT2D eigenvalue weighted by atomic mass is 16.5. The zero-order valence-electron chi connectivity index (χ0n) is 16.7. The number of nitrogens with one attached hydrogen (secondary N) is 1. The lowest BCUT2D eigenvalue weighted by Gasteiger charge is -2.21. The van der Waals surface area contributed by atoms with Crippen LogP contribution in [0.2, 0.25) is 0 Å². The zero-order valence-corrected chi connectivity index (χ0v) is 16.7. The highest BCUT2D eigenvalue weighted by molar-refractivity contribution is 5.48. The Bertz CT molecular complexity index is 675. The molecule has 27 heavy (non-hydrogen) atoms. The highest BCUT2D eigenvalue weighted by Gasteiger charge is 2.13. The SMILES string of the molecule is CC(C)Oc1ccccc1CNc1ccc(OCCC2CCCCC2)cc1. The minimum Gasteiger partial charge on any atom is -0.494 e. The Kier molecular flexibility index (Phi) is 7.44. The van der Waals surface area contributed by atoms with E-state index < -0.39 is 0 Å². The van der Waals surface area contributed by atoms with Crippen LogP contribution in [0, 0.1) is 5.92 Å². The summed E-state index contributed by atoms with van der Waals surface area (Å²) >= 11 is 0. The standard InChI is InChI=1S/C24H33NO2/c1-19(2)27-24-11-7-6-10-21(24)18-25-22-12-14-23(15-13-22)26-17-16-20-8-4-3-5-9-20/h6-7,10-15,19-20,25H,3-5,8-9,16-18H2,1-2H3. The van der Waals surface area contributed by atoms with Crippen LogP contribution in [-0.4, -0.2) is 12.7 Å². The Labute approximate surface area is 164 Å². The molecule has 1 saturated carbocycles. The third-order valence-corrected chi connectivity index (χ3v) is 5.19. The summed E-state index contributed by atoms with van der Waals surface area (Å²) in [7, 11) is 0. The van der Waals surface area contributed by atoms with E-state index in [2.05, 4.69) is 49.5 Å². The van der Waals surface area contributed by atoms with Gasteiger partial charge >= 0.3 is 0 Å². The topological polar surface area (TPSA) is 30.5 Å². The van der Waals surface area contributed by atoms with Crippen LogP contribution in [0.15, 0.2) is 48.5 Å². The Balaban J connectivity index is 1.45. The van der Waals surface area contributed by atoms with Gasteiger partial charge in [-0.25, -0.2) is 0 Å². The highest BCUT2D eigenvalue weighted by Crippen LogP contribution is 2.27. The van der Waals surface area contributed by atoms with Gasteiger partial charge in [-0.2, -0.15) is 0 Å². The van der Waals surface area contributed by atoms with E-state index in [9.17, 15) is 0 Å². The molecule has 1 aliphatic carbocycles. The van der Waals surface area contributed by atoms with Crippen LogP contribution in [-0.2, 0) is 6.54 Å². The summed E-state index contributed by atoms with van der Waals surface area (Å²) in [5.41, 5.74) is 2.26. The van der Waals surface area contributed by atoms with Gasteiger partial charge in [-0.1, -0.05) is 50.3 Å². The van der Waals surface area contributed by atoms with Gasteiger partial charge < -0.3 is 14.8 Å². The Morgan fingerprint density at radius 3 is 2.44 bits per heavy atom. The molecule has 0 atom stereocenters. The summed E-state index contributed by atoms with van der Waals surface area (Å²) in [4.78, 5) is 0. The fourth-order valence-corrected chi connectivity index (χ4v) is 3.70. The number of rotatable bonds is 9.